The second kappa shape index (κ2) is 7.88. The number of alkyl halides is 1. The van der Waals surface area contributed by atoms with Gasteiger partial charge in [-0.3, -0.25) is 0 Å². The Hall–Kier alpha value is 0.250. The van der Waals surface area contributed by atoms with Gasteiger partial charge in [0.1, 0.15) is 0 Å². The quantitative estimate of drug-likeness (QED) is 0.462. The van der Waals surface area contributed by atoms with Crippen molar-refractivity contribution in [3.63, 3.8) is 0 Å². The smallest absolute Gasteiger partial charge is 0.0469 e. The monoisotopic (exact) mass is 288 g/mol. The molecule has 1 aliphatic rings. The molecule has 19 heavy (non-hydrogen) atoms. The fraction of sp³-hybridized carbons (Fsp3) is 1.00. The largest absolute Gasteiger partial charge is 0.381 e. The van der Waals surface area contributed by atoms with Crippen molar-refractivity contribution in [2.45, 2.75) is 72.1 Å². The van der Waals surface area contributed by atoms with Crippen LogP contribution >= 0.6 is 11.6 Å². The highest BCUT2D eigenvalue weighted by Crippen LogP contribution is 2.43. The van der Waals surface area contributed by atoms with E-state index in [-0.39, 0.29) is 0 Å². The third kappa shape index (κ3) is 6.49. The summed E-state index contributed by atoms with van der Waals surface area (Å²) in [6, 6.07) is 0. The minimum atomic E-state index is 0.368. The van der Waals surface area contributed by atoms with E-state index in [0.29, 0.717) is 16.7 Å². The maximum atomic E-state index is 6.51. The SMILES string of the molecule is CC(C)CCOCCC1CC(C(C)(C)C)CCC1Cl. The Morgan fingerprint density at radius 1 is 1.16 bits per heavy atom. The Morgan fingerprint density at radius 3 is 2.42 bits per heavy atom. The van der Waals surface area contributed by atoms with Gasteiger partial charge in [0.05, 0.1) is 0 Å². The molecular weight excluding hydrogens is 256 g/mol. The molecule has 0 heterocycles. The molecule has 3 atom stereocenters. The Morgan fingerprint density at radius 2 is 1.84 bits per heavy atom. The highest BCUT2D eigenvalue weighted by Gasteiger charge is 2.34. The fourth-order valence-electron chi connectivity index (χ4n) is 2.97. The lowest BCUT2D eigenvalue weighted by atomic mass is 9.68. The average molecular weight is 289 g/mol. The molecule has 0 saturated heterocycles. The van der Waals surface area contributed by atoms with Crippen LogP contribution in [0.4, 0.5) is 0 Å². The Labute approximate surface area is 125 Å². The van der Waals surface area contributed by atoms with E-state index in [0.717, 1.165) is 31.5 Å². The van der Waals surface area contributed by atoms with Gasteiger partial charge in [-0.05, 0) is 55.3 Å². The molecule has 0 spiro atoms. The first kappa shape index (κ1) is 17.3. The Balaban J connectivity index is 2.27. The predicted octanol–water partition coefficient (Wildman–Crippen LogP) is 5.51. The van der Waals surface area contributed by atoms with Gasteiger partial charge in [0.15, 0.2) is 0 Å². The fourth-order valence-corrected chi connectivity index (χ4v) is 3.32. The van der Waals surface area contributed by atoms with E-state index in [1.807, 2.05) is 0 Å². The Kier molecular flexibility index (Phi) is 7.18. The molecule has 1 fully saturated rings. The van der Waals surface area contributed by atoms with Gasteiger partial charge >= 0.3 is 0 Å². The van der Waals surface area contributed by atoms with Crippen molar-refractivity contribution in [2.75, 3.05) is 13.2 Å². The summed E-state index contributed by atoms with van der Waals surface area (Å²) in [4.78, 5) is 0. The van der Waals surface area contributed by atoms with Gasteiger partial charge in [0.2, 0.25) is 0 Å². The molecule has 1 saturated carbocycles. The molecule has 1 rings (SSSR count). The van der Waals surface area contributed by atoms with Crippen LogP contribution in [0.1, 0.15) is 66.7 Å². The first-order valence-corrected chi connectivity index (χ1v) is 8.46. The number of hydrogen-bond acceptors (Lipinski definition) is 1. The van der Waals surface area contributed by atoms with Crippen molar-refractivity contribution in [1.82, 2.24) is 0 Å². The summed E-state index contributed by atoms with van der Waals surface area (Å²) in [5.41, 5.74) is 0.424. The van der Waals surface area contributed by atoms with E-state index in [1.165, 1.54) is 25.7 Å². The topological polar surface area (TPSA) is 9.23 Å². The van der Waals surface area contributed by atoms with Gasteiger partial charge in [-0.15, -0.1) is 11.6 Å². The molecule has 0 aromatic rings. The summed E-state index contributed by atoms with van der Waals surface area (Å²) in [6.07, 6.45) is 6.06. The van der Waals surface area contributed by atoms with Crippen LogP contribution in [-0.4, -0.2) is 18.6 Å². The standard InChI is InChI=1S/C17H33ClO/c1-13(2)8-10-19-11-9-14-12-15(17(3,4)5)6-7-16(14)18/h13-16H,6-12H2,1-5H3. The summed E-state index contributed by atoms with van der Waals surface area (Å²) < 4.78 is 5.76. The molecule has 1 aliphatic carbocycles. The first-order chi connectivity index (χ1) is 8.80. The van der Waals surface area contributed by atoms with Crippen LogP contribution in [0.2, 0.25) is 0 Å². The number of rotatable bonds is 6. The zero-order valence-corrected chi connectivity index (χ0v) is 14.3. The second-order valence-corrected chi connectivity index (χ2v) is 8.30. The number of halogens is 1. The van der Waals surface area contributed by atoms with E-state index >= 15 is 0 Å². The van der Waals surface area contributed by atoms with E-state index in [4.69, 9.17) is 16.3 Å². The van der Waals surface area contributed by atoms with E-state index < -0.39 is 0 Å². The van der Waals surface area contributed by atoms with Crippen molar-refractivity contribution >= 4 is 11.6 Å². The van der Waals surface area contributed by atoms with Crippen molar-refractivity contribution in [3.05, 3.63) is 0 Å². The number of hydrogen-bond donors (Lipinski definition) is 0. The normalized spacial score (nSPS) is 28.9. The third-order valence-electron chi connectivity index (χ3n) is 4.59. The van der Waals surface area contributed by atoms with Gasteiger partial charge in [-0.25, -0.2) is 0 Å². The molecule has 0 bridgehead atoms. The lowest BCUT2D eigenvalue weighted by Gasteiger charge is -2.40. The molecular formula is C17H33ClO. The van der Waals surface area contributed by atoms with E-state index in [9.17, 15) is 0 Å². The maximum Gasteiger partial charge on any atom is 0.0469 e. The molecule has 2 heteroatoms. The zero-order valence-electron chi connectivity index (χ0n) is 13.5. The lowest BCUT2D eigenvalue weighted by Crippen LogP contribution is -2.33. The zero-order chi connectivity index (χ0) is 14.5. The van der Waals surface area contributed by atoms with Crippen LogP contribution in [0.25, 0.3) is 0 Å². The predicted molar refractivity (Wildman–Crippen MR) is 84.8 cm³/mol. The van der Waals surface area contributed by atoms with Crippen LogP contribution < -0.4 is 0 Å². The summed E-state index contributed by atoms with van der Waals surface area (Å²) in [6.45, 7) is 13.4. The summed E-state index contributed by atoms with van der Waals surface area (Å²) in [5, 5.41) is 0.368. The first-order valence-electron chi connectivity index (χ1n) is 8.02. The molecule has 0 aliphatic heterocycles. The molecule has 0 amide bonds. The lowest BCUT2D eigenvalue weighted by molar-refractivity contribution is 0.0855. The van der Waals surface area contributed by atoms with Crippen molar-refractivity contribution < 1.29 is 4.74 Å². The van der Waals surface area contributed by atoms with Crippen LogP contribution in [-0.2, 0) is 4.74 Å². The highest BCUT2D eigenvalue weighted by molar-refractivity contribution is 6.20. The molecule has 114 valence electrons. The van der Waals surface area contributed by atoms with Crippen LogP contribution in [0.3, 0.4) is 0 Å². The van der Waals surface area contributed by atoms with Gasteiger partial charge in [-0.2, -0.15) is 0 Å². The third-order valence-corrected chi connectivity index (χ3v) is 5.16. The van der Waals surface area contributed by atoms with Crippen molar-refractivity contribution in [3.8, 4) is 0 Å². The number of ether oxygens (including phenoxy) is 1. The molecule has 0 radical (unpaired) electrons. The van der Waals surface area contributed by atoms with Crippen LogP contribution in [0, 0.1) is 23.2 Å². The summed E-state index contributed by atoms with van der Waals surface area (Å²) in [5.74, 6) is 2.21. The van der Waals surface area contributed by atoms with Crippen LogP contribution in [0.5, 0.6) is 0 Å². The van der Waals surface area contributed by atoms with Gasteiger partial charge < -0.3 is 4.74 Å². The molecule has 3 unspecified atom stereocenters. The molecule has 0 aromatic carbocycles. The van der Waals surface area contributed by atoms with Crippen molar-refractivity contribution in [2.24, 2.45) is 23.2 Å². The van der Waals surface area contributed by atoms with E-state index in [1.54, 1.807) is 0 Å². The summed E-state index contributed by atoms with van der Waals surface area (Å²) >= 11 is 6.51. The van der Waals surface area contributed by atoms with Crippen molar-refractivity contribution in [1.29, 1.82) is 0 Å². The molecule has 0 N–H and O–H groups in total. The molecule has 1 nitrogen and oxygen atoms in total. The Bertz CT molecular complexity index is 244. The second-order valence-electron chi connectivity index (χ2n) is 7.74. The van der Waals surface area contributed by atoms with Gasteiger partial charge in [0, 0.05) is 18.6 Å². The highest BCUT2D eigenvalue weighted by atomic mass is 35.5. The average Bonchev–Trinajstić information content (AvgIpc) is 2.29. The minimum Gasteiger partial charge on any atom is -0.381 e. The maximum absolute atomic E-state index is 6.51. The van der Waals surface area contributed by atoms with Gasteiger partial charge in [-0.1, -0.05) is 34.6 Å². The van der Waals surface area contributed by atoms with E-state index in [2.05, 4.69) is 34.6 Å². The minimum absolute atomic E-state index is 0.368. The van der Waals surface area contributed by atoms with Gasteiger partial charge in [0.25, 0.3) is 0 Å². The summed E-state index contributed by atoms with van der Waals surface area (Å²) in [7, 11) is 0. The molecule has 0 aromatic heterocycles. The van der Waals surface area contributed by atoms with Crippen LogP contribution in [0.15, 0.2) is 0 Å².